The zero-order chi connectivity index (χ0) is 17.8. The van der Waals surface area contributed by atoms with Crippen LogP contribution in [0, 0.1) is 19.8 Å². The molecule has 2 nitrogen and oxygen atoms in total. The number of pyridine rings is 1. The van der Waals surface area contributed by atoms with Crippen LogP contribution >= 0.6 is 0 Å². The van der Waals surface area contributed by atoms with Crippen LogP contribution in [0.3, 0.4) is 0 Å². The maximum Gasteiger partial charge on any atom is 0.256 e. The maximum absolute atomic E-state index is 6.55. The van der Waals surface area contributed by atoms with Gasteiger partial charge < -0.3 is 4.74 Å². The summed E-state index contributed by atoms with van der Waals surface area (Å²) in [5.74, 6) is 2.90. The van der Waals surface area contributed by atoms with Gasteiger partial charge in [0.15, 0.2) is 6.20 Å². The molecule has 0 radical (unpaired) electrons. The second-order valence-corrected chi connectivity index (χ2v) is 8.13. The molecule has 132 valence electrons. The van der Waals surface area contributed by atoms with Gasteiger partial charge in [-0.05, 0) is 48.8 Å². The van der Waals surface area contributed by atoms with Gasteiger partial charge in [0.1, 0.15) is 12.8 Å². The van der Waals surface area contributed by atoms with E-state index < -0.39 is 0 Å². The molecule has 5 rings (SSSR count). The van der Waals surface area contributed by atoms with Crippen LogP contribution < -0.4 is 9.30 Å². The lowest BCUT2D eigenvalue weighted by Crippen LogP contribution is -2.32. The Morgan fingerprint density at radius 3 is 2.73 bits per heavy atom. The smallest absolute Gasteiger partial charge is 0.256 e. The molecule has 0 bridgehead atoms. The highest BCUT2D eigenvalue weighted by atomic mass is 16.5. The molecule has 1 fully saturated rings. The molecule has 0 amide bonds. The monoisotopic (exact) mass is 344 g/mol. The molecule has 0 saturated heterocycles. The van der Waals surface area contributed by atoms with Gasteiger partial charge in [-0.25, -0.2) is 0 Å². The van der Waals surface area contributed by atoms with Crippen LogP contribution in [0.4, 0.5) is 0 Å². The second kappa shape index (κ2) is 5.84. The van der Waals surface area contributed by atoms with Crippen LogP contribution in [0.1, 0.15) is 42.4 Å². The van der Waals surface area contributed by atoms with Crippen molar-refractivity contribution < 1.29 is 9.30 Å². The van der Waals surface area contributed by atoms with Crippen molar-refractivity contribution in [1.29, 1.82) is 0 Å². The van der Waals surface area contributed by atoms with E-state index in [-0.39, 0.29) is 0 Å². The van der Waals surface area contributed by atoms with Crippen LogP contribution in [0.15, 0.2) is 36.5 Å². The van der Waals surface area contributed by atoms with Crippen molar-refractivity contribution in [2.24, 2.45) is 13.0 Å². The fraction of sp³-hybridized carbons (Fsp3) is 0.375. The Kier molecular flexibility index (Phi) is 3.56. The van der Waals surface area contributed by atoms with E-state index in [4.69, 9.17) is 4.74 Å². The quantitative estimate of drug-likeness (QED) is 0.420. The molecule has 26 heavy (non-hydrogen) atoms. The SMILES string of the molecule is Cc1cc2cccc3c2c(c1C)-c1c(c(CC2CCCC2)cc[n+]1C)O3. The standard InChI is InChI=1S/C24H26NO/c1-15-13-18-9-6-10-20-22(18)21(16(15)2)23-24(26-20)19(11-12-25(23)3)14-17-7-4-5-8-17/h6,9-13,17H,4-5,7-8,14H2,1-3H3/q+1. The van der Waals surface area contributed by atoms with E-state index in [1.165, 1.54) is 64.4 Å². The van der Waals surface area contributed by atoms with E-state index in [2.05, 4.69) is 62.0 Å². The molecule has 2 aromatic carbocycles. The fourth-order valence-electron chi connectivity index (χ4n) is 4.91. The third-order valence-corrected chi connectivity index (χ3v) is 6.44. The number of ether oxygens (including phenoxy) is 1. The van der Waals surface area contributed by atoms with Crippen molar-refractivity contribution in [1.82, 2.24) is 0 Å². The number of aromatic nitrogens is 1. The van der Waals surface area contributed by atoms with Crippen molar-refractivity contribution in [2.75, 3.05) is 0 Å². The minimum Gasteiger partial charge on any atom is -0.449 e. The summed E-state index contributed by atoms with van der Waals surface area (Å²) in [6, 6.07) is 11.0. The molecule has 0 N–H and O–H groups in total. The Labute approximate surface area is 155 Å². The predicted molar refractivity (Wildman–Crippen MR) is 106 cm³/mol. The van der Waals surface area contributed by atoms with Crippen LogP contribution in [-0.2, 0) is 13.5 Å². The van der Waals surface area contributed by atoms with E-state index >= 15 is 0 Å². The molecule has 1 saturated carbocycles. The van der Waals surface area contributed by atoms with Gasteiger partial charge in [-0.1, -0.05) is 43.9 Å². The first-order valence-corrected chi connectivity index (χ1v) is 9.86. The lowest BCUT2D eigenvalue weighted by Gasteiger charge is -2.24. The van der Waals surface area contributed by atoms with E-state index in [0.717, 1.165) is 23.8 Å². The predicted octanol–water partition coefficient (Wildman–Crippen LogP) is 5.79. The van der Waals surface area contributed by atoms with Gasteiger partial charge in [-0.15, -0.1) is 0 Å². The largest absolute Gasteiger partial charge is 0.449 e. The van der Waals surface area contributed by atoms with Crippen LogP contribution in [0.5, 0.6) is 11.5 Å². The average Bonchev–Trinajstić information content (AvgIpc) is 3.14. The van der Waals surface area contributed by atoms with Crippen molar-refractivity contribution in [3.8, 4) is 22.8 Å². The Balaban J connectivity index is 1.78. The minimum atomic E-state index is 0.811. The highest BCUT2D eigenvalue weighted by Crippen LogP contribution is 2.48. The summed E-state index contributed by atoms with van der Waals surface area (Å²) >= 11 is 0. The number of fused-ring (bicyclic) bond motifs is 2. The zero-order valence-corrected chi connectivity index (χ0v) is 15.9. The summed E-state index contributed by atoms with van der Waals surface area (Å²) in [7, 11) is 2.14. The summed E-state index contributed by atoms with van der Waals surface area (Å²) in [5.41, 5.74) is 6.67. The van der Waals surface area contributed by atoms with Crippen molar-refractivity contribution >= 4 is 10.8 Å². The fourth-order valence-corrected chi connectivity index (χ4v) is 4.91. The van der Waals surface area contributed by atoms with E-state index in [0.29, 0.717) is 0 Å². The number of hydrogen-bond acceptors (Lipinski definition) is 1. The second-order valence-electron chi connectivity index (χ2n) is 8.13. The number of nitrogens with zero attached hydrogens (tertiary/aromatic N) is 1. The number of aryl methyl sites for hydroxylation is 2. The molecule has 3 aromatic rings. The Bertz CT molecular complexity index is 1030. The maximum atomic E-state index is 6.55. The molecule has 0 atom stereocenters. The van der Waals surface area contributed by atoms with Gasteiger partial charge in [-0.3, -0.25) is 0 Å². The van der Waals surface area contributed by atoms with Crippen LogP contribution in [-0.4, -0.2) is 0 Å². The number of hydrogen-bond donors (Lipinski definition) is 0. The van der Waals surface area contributed by atoms with E-state index in [9.17, 15) is 0 Å². The van der Waals surface area contributed by atoms with Gasteiger partial charge in [-0.2, -0.15) is 4.57 Å². The first-order chi connectivity index (χ1) is 12.6. The van der Waals surface area contributed by atoms with Crippen LogP contribution in [0.2, 0.25) is 0 Å². The first-order valence-electron chi connectivity index (χ1n) is 9.86. The molecule has 1 aliphatic carbocycles. The van der Waals surface area contributed by atoms with Gasteiger partial charge >= 0.3 is 0 Å². The molecule has 0 unspecified atom stereocenters. The van der Waals surface area contributed by atoms with Crippen molar-refractivity contribution in [3.63, 3.8) is 0 Å². The average molecular weight is 344 g/mol. The Hall–Kier alpha value is -2.35. The summed E-state index contributed by atoms with van der Waals surface area (Å²) in [6.45, 7) is 4.47. The molecule has 2 aliphatic rings. The van der Waals surface area contributed by atoms with Crippen molar-refractivity contribution in [2.45, 2.75) is 46.0 Å². The van der Waals surface area contributed by atoms with E-state index in [1.54, 1.807) is 0 Å². The minimum absolute atomic E-state index is 0.811. The molecule has 0 spiro atoms. The summed E-state index contributed by atoms with van der Waals surface area (Å²) < 4.78 is 8.79. The molecular formula is C24H26NO+. The Morgan fingerprint density at radius 1 is 1.12 bits per heavy atom. The third kappa shape index (κ3) is 2.28. The summed E-state index contributed by atoms with van der Waals surface area (Å²) in [5, 5.41) is 2.53. The molecule has 2 heteroatoms. The molecule has 2 heterocycles. The normalized spacial score (nSPS) is 16.0. The lowest BCUT2D eigenvalue weighted by atomic mass is 9.88. The van der Waals surface area contributed by atoms with Gasteiger partial charge in [0, 0.05) is 17.0 Å². The zero-order valence-electron chi connectivity index (χ0n) is 15.9. The van der Waals surface area contributed by atoms with Crippen LogP contribution in [0.25, 0.3) is 22.0 Å². The molecule has 1 aliphatic heterocycles. The van der Waals surface area contributed by atoms with Gasteiger partial charge in [0.25, 0.3) is 5.69 Å². The molecular weight excluding hydrogens is 318 g/mol. The van der Waals surface area contributed by atoms with Crippen molar-refractivity contribution in [3.05, 3.63) is 53.2 Å². The summed E-state index contributed by atoms with van der Waals surface area (Å²) in [6.07, 6.45) is 8.84. The number of rotatable bonds is 2. The number of benzene rings is 2. The van der Waals surface area contributed by atoms with Gasteiger partial charge in [0.2, 0.25) is 5.75 Å². The van der Waals surface area contributed by atoms with E-state index in [1.807, 2.05) is 0 Å². The summed E-state index contributed by atoms with van der Waals surface area (Å²) in [4.78, 5) is 0. The van der Waals surface area contributed by atoms with Gasteiger partial charge in [0.05, 0.1) is 5.56 Å². The highest BCUT2D eigenvalue weighted by Gasteiger charge is 2.32. The topological polar surface area (TPSA) is 13.1 Å². The lowest BCUT2D eigenvalue weighted by molar-refractivity contribution is -0.660. The highest BCUT2D eigenvalue weighted by molar-refractivity contribution is 6.04. The third-order valence-electron chi connectivity index (χ3n) is 6.44. The first kappa shape index (κ1) is 15.9. The Morgan fingerprint density at radius 2 is 1.92 bits per heavy atom. The molecule has 1 aromatic heterocycles.